The second-order valence-electron chi connectivity index (χ2n) is 9.77. The number of hydrogen-bond donors (Lipinski definition) is 2. The maximum absolute atomic E-state index is 15.1. The number of nitrogens with one attached hydrogen (secondary N) is 2. The van der Waals surface area contributed by atoms with E-state index in [9.17, 15) is 4.79 Å². The van der Waals surface area contributed by atoms with Crippen molar-refractivity contribution in [1.29, 1.82) is 0 Å². The summed E-state index contributed by atoms with van der Waals surface area (Å²) in [6, 6.07) is 14.8. The number of amides is 1. The third-order valence-electron chi connectivity index (χ3n) is 7.07. The van der Waals surface area contributed by atoms with Crippen molar-refractivity contribution in [2.24, 2.45) is 5.92 Å². The highest BCUT2D eigenvalue weighted by Gasteiger charge is 2.19. The van der Waals surface area contributed by atoms with Crippen molar-refractivity contribution >= 4 is 34.0 Å². The molecule has 0 spiro atoms. The highest BCUT2D eigenvalue weighted by atomic mass is 19.1. The number of hydrogen-bond acceptors (Lipinski definition) is 8. The first-order valence-electron chi connectivity index (χ1n) is 13.1. The van der Waals surface area contributed by atoms with E-state index in [2.05, 4.69) is 32.5 Å². The molecule has 208 valence electrons. The van der Waals surface area contributed by atoms with Gasteiger partial charge < -0.3 is 29.7 Å². The van der Waals surface area contributed by atoms with Crippen LogP contribution in [0.1, 0.15) is 23.2 Å². The fraction of sp³-hybridized carbons (Fsp3) is 0.300. The molecule has 0 atom stereocenters. The Balaban J connectivity index is 1.32. The van der Waals surface area contributed by atoms with E-state index in [1.807, 2.05) is 6.07 Å². The summed E-state index contributed by atoms with van der Waals surface area (Å²) in [5.41, 5.74) is 1.48. The van der Waals surface area contributed by atoms with Gasteiger partial charge in [-0.15, -0.1) is 0 Å². The third kappa shape index (κ3) is 6.07. The fourth-order valence-electron chi connectivity index (χ4n) is 4.72. The standard InChI is InChI=1S/C30H32FN5O4/c1-36-12-10-19(11-13-36)17-40-28-16-25-22(15-27(28)39-3)29(33-18-32-25)35-24-9-8-20(14-23(24)31)34-30(37)21-6-4-5-7-26(21)38-2/h4-9,14-16,18-19H,10-13,17H2,1-3H3,(H,34,37)(H,32,33,35). The maximum atomic E-state index is 15.1. The first-order valence-corrected chi connectivity index (χ1v) is 13.1. The van der Waals surface area contributed by atoms with Gasteiger partial charge in [-0.2, -0.15) is 0 Å². The van der Waals surface area contributed by atoms with Crippen LogP contribution in [0.4, 0.5) is 21.6 Å². The van der Waals surface area contributed by atoms with Crippen molar-refractivity contribution in [3.63, 3.8) is 0 Å². The number of methoxy groups -OCH3 is 2. The number of halogens is 1. The van der Waals surface area contributed by atoms with Gasteiger partial charge in [0.1, 0.15) is 23.7 Å². The zero-order chi connectivity index (χ0) is 28.1. The van der Waals surface area contributed by atoms with Crippen LogP contribution in [0.3, 0.4) is 0 Å². The van der Waals surface area contributed by atoms with Crippen LogP contribution in [-0.4, -0.2) is 61.7 Å². The lowest BCUT2D eigenvalue weighted by molar-refractivity contribution is 0.102. The Labute approximate surface area is 232 Å². The van der Waals surface area contributed by atoms with E-state index in [0.717, 1.165) is 25.9 Å². The summed E-state index contributed by atoms with van der Waals surface area (Å²) in [5.74, 6) is 1.53. The van der Waals surface area contributed by atoms with Crippen molar-refractivity contribution in [1.82, 2.24) is 14.9 Å². The van der Waals surface area contributed by atoms with Gasteiger partial charge in [0.2, 0.25) is 0 Å². The number of benzene rings is 3. The van der Waals surface area contributed by atoms with Crippen molar-refractivity contribution in [2.45, 2.75) is 12.8 Å². The molecule has 4 aromatic rings. The SMILES string of the molecule is COc1cc2c(Nc3ccc(NC(=O)c4ccccc4OC)cc3F)ncnc2cc1OCC1CCN(C)CC1. The lowest BCUT2D eigenvalue weighted by Crippen LogP contribution is -2.32. The molecule has 1 fully saturated rings. The Hall–Kier alpha value is -4.44. The number of nitrogens with zero attached hydrogens (tertiary/aromatic N) is 3. The Morgan fingerprint density at radius 2 is 1.77 bits per heavy atom. The molecule has 2 heterocycles. The van der Waals surface area contributed by atoms with Crippen molar-refractivity contribution in [3.8, 4) is 17.2 Å². The molecule has 1 saturated heterocycles. The molecule has 0 radical (unpaired) electrons. The van der Waals surface area contributed by atoms with Gasteiger partial charge in [0.05, 0.1) is 37.6 Å². The van der Waals surface area contributed by atoms with Crippen LogP contribution in [-0.2, 0) is 0 Å². The van der Waals surface area contributed by atoms with Gasteiger partial charge in [0.15, 0.2) is 11.5 Å². The van der Waals surface area contributed by atoms with Crippen LogP contribution in [0.2, 0.25) is 0 Å². The number of carbonyl (C=O) groups excluding carboxylic acids is 1. The molecule has 1 amide bonds. The second-order valence-corrected chi connectivity index (χ2v) is 9.77. The summed E-state index contributed by atoms with van der Waals surface area (Å²) in [4.78, 5) is 23.7. The summed E-state index contributed by atoms with van der Waals surface area (Å²) in [6.07, 6.45) is 3.60. The molecule has 40 heavy (non-hydrogen) atoms. The number of piperidine rings is 1. The summed E-state index contributed by atoms with van der Waals surface area (Å²) in [5, 5.41) is 6.40. The fourth-order valence-corrected chi connectivity index (χ4v) is 4.72. The molecule has 2 N–H and O–H groups in total. The van der Waals surface area contributed by atoms with Crippen LogP contribution >= 0.6 is 0 Å². The molecule has 1 aliphatic heterocycles. The van der Waals surface area contributed by atoms with Gasteiger partial charge in [-0.05, 0) is 75.3 Å². The van der Waals surface area contributed by atoms with E-state index in [-0.39, 0.29) is 5.69 Å². The van der Waals surface area contributed by atoms with E-state index in [1.165, 1.54) is 25.6 Å². The Bertz CT molecular complexity index is 1510. The molecule has 3 aromatic carbocycles. The summed E-state index contributed by atoms with van der Waals surface area (Å²) >= 11 is 0. The molecule has 5 rings (SSSR count). The Kier molecular flexibility index (Phi) is 8.26. The monoisotopic (exact) mass is 545 g/mol. The molecule has 0 aliphatic carbocycles. The van der Waals surface area contributed by atoms with E-state index in [4.69, 9.17) is 14.2 Å². The van der Waals surface area contributed by atoms with Crippen LogP contribution < -0.4 is 24.8 Å². The predicted octanol–water partition coefficient (Wildman–Crippen LogP) is 5.50. The summed E-state index contributed by atoms with van der Waals surface area (Å²) in [7, 11) is 5.21. The summed E-state index contributed by atoms with van der Waals surface area (Å²) in [6.45, 7) is 2.74. The quantitative estimate of drug-likeness (QED) is 0.285. The molecule has 0 bridgehead atoms. The van der Waals surface area contributed by atoms with Crippen molar-refractivity contribution in [3.05, 3.63) is 72.3 Å². The number of likely N-dealkylation sites (tertiary alicyclic amines) is 1. The normalized spacial score (nSPS) is 14.1. The highest BCUT2D eigenvalue weighted by molar-refractivity contribution is 6.06. The largest absolute Gasteiger partial charge is 0.496 e. The Morgan fingerprint density at radius 3 is 2.52 bits per heavy atom. The van der Waals surface area contributed by atoms with Crippen LogP contribution in [0.25, 0.3) is 10.9 Å². The van der Waals surface area contributed by atoms with Crippen LogP contribution in [0, 0.1) is 11.7 Å². The highest BCUT2D eigenvalue weighted by Crippen LogP contribution is 2.36. The molecule has 1 aliphatic rings. The van der Waals surface area contributed by atoms with Gasteiger partial charge in [-0.3, -0.25) is 4.79 Å². The third-order valence-corrected chi connectivity index (χ3v) is 7.07. The zero-order valence-corrected chi connectivity index (χ0v) is 22.7. The van der Waals surface area contributed by atoms with E-state index < -0.39 is 11.7 Å². The van der Waals surface area contributed by atoms with E-state index in [0.29, 0.717) is 57.7 Å². The molecular formula is C30H32FN5O4. The Morgan fingerprint density at radius 1 is 1.00 bits per heavy atom. The molecule has 1 aromatic heterocycles. The van der Waals surface area contributed by atoms with E-state index in [1.54, 1.807) is 43.5 Å². The van der Waals surface area contributed by atoms with Gasteiger partial charge >= 0.3 is 0 Å². The van der Waals surface area contributed by atoms with Gasteiger partial charge in [0.25, 0.3) is 5.91 Å². The lowest BCUT2D eigenvalue weighted by Gasteiger charge is -2.28. The minimum absolute atomic E-state index is 0.192. The molecule has 0 unspecified atom stereocenters. The maximum Gasteiger partial charge on any atom is 0.259 e. The van der Waals surface area contributed by atoms with Gasteiger partial charge in [-0.1, -0.05) is 12.1 Å². The average molecular weight is 546 g/mol. The minimum Gasteiger partial charge on any atom is -0.496 e. The number of anilines is 3. The number of carbonyl (C=O) groups is 1. The zero-order valence-electron chi connectivity index (χ0n) is 22.7. The lowest BCUT2D eigenvalue weighted by atomic mass is 9.98. The number of para-hydroxylation sites is 1. The van der Waals surface area contributed by atoms with Crippen molar-refractivity contribution in [2.75, 3.05) is 51.6 Å². The predicted molar refractivity (Wildman–Crippen MR) is 152 cm³/mol. The van der Waals surface area contributed by atoms with Crippen LogP contribution in [0.15, 0.2) is 60.9 Å². The average Bonchev–Trinajstić information content (AvgIpc) is 2.97. The van der Waals surface area contributed by atoms with Gasteiger partial charge in [-0.25, -0.2) is 14.4 Å². The summed E-state index contributed by atoms with van der Waals surface area (Å²) < 4.78 is 32.1. The molecule has 9 nitrogen and oxygen atoms in total. The molecule has 10 heteroatoms. The molecular weight excluding hydrogens is 513 g/mol. The smallest absolute Gasteiger partial charge is 0.259 e. The van der Waals surface area contributed by atoms with E-state index >= 15 is 4.39 Å². The number of aromatic nitrogens is 2. The first kappa shape index (κ1) is 27.1. The van der Waals surface area contributed by atoms with Gasteiger partial charge in [0, 0.05) is 17.1 Å². The first-order chi connectivity index (χ1) is 19.4. The number of rotatable bonds is 9. The second kappa shape index (κ2) is 12.2. The topological polar surface area (TPSA) is 97.8 Å². The number of ether oxygens (including phenoxy) is 3. The minimum atomic E-state index is -0.561. The van der Waals surface area contributed by atoms with Crippen LogP contribution in [0.5, 0.6) is 17.2 Å². The molecule has 0 saturated carbocycles. The van der Waals surface area contributed by atoms with Crippen molar-refractivity contribution < 1.29 is 23.4 Å². The number of fused-ring (bicyclic) bond motifs is 1.